The molecule has 0 saturated carbocycles. The lowest BCUT2D eigenvalue weighted by Gasteiger charge is -2.12. The third-order valence-electron chi connectivity index (χ3n) is 3.70. The van der Waals surface area contributed by atoms with Crippen LogP contribution in [-0.4, -0.2) is 12.1 Å². The van der Waals surface area contributed by atoms with Crippen LogP contribution in [0.5, 0.6) is 5.75 Å². The molecule has 1 N–H and O–H groups in total. The Morgan fingerprint density at radius 2 is 1.86 bits per heavy atom. The number of aromatic nitrogens is 1. The predicted molar refractivity (Wildman–Crippen MR) is 87.5 cm³/mol. The summed E-state index contributed by atoms with van der Waals surface area (Å²) in [4.78, 5) is 4.41. The summed E-state index contributed by atoms with van der Waals surface area (Å²) in [5.74, 6) is 1.38. The van der Waals surface area contributed by atoms with Crippen molar-refractivity contribution in [2.24, 2.45) is 0 Å². The zero-order chi connectivity index (χ0) is 15.7. The van der Waals surface area contributed by atoms with Gasteiger partial charge in [-0.25, -0.2) is 9.37 Å². The van der Waals surface area contributed by atoms with Crippen molar-refractivity contribution in [1.82, 2.24) is 4.98 Å². The zero-order valence-corrected chi connectivity index (χ0v) is 12.8. The molecule has 0 aliphatic rings. The molecule has 4 heteroatoms. The number of aryl methyl sites for hydroxylation is 2. The first-order valence-electron chi connectivity index (χ1n) is 7.05. The highest BCUT2D eigenvalue weighted by Crippen LogP contribution is 2.30. The van der Waals surface area contributed by atoms with Crippen LogP contribution in [0.3, 0.4) is 0 Å². The molecule has 112 valence electrons. The van der Waals surface area contributed by atoms with Crippen LogP contribution in [0.15, 0.2) is 42.6 Å². The average molecular weight is 296 g/mol. The van der Waals surface area contributed by atoms with Gasteiger partial charge in [-0.05, 0) is 66.8 Å². The van der Waals surface area contributed by atoms with Crippen LogP contribution in [0, 0.1) is 19.7 Å². The highest BCUT2D eigenvalue weighted by atomic mass is 19.1. The Kier molecular flexibility index (Phi) is 3.67. The number of anilines is 2. The Hall–Kier alpha value is -2.62. The van der Waals surface area contributed by atoms with Gasteiger partial charge in [-0.3, -0.25) is 0 Å². The van der Waals surface area contributed by atoms with E-state index >= 15 is 0 Å². The van der Waals surface area contributed by atoms with Crippen molar-refractivity contribution in [3.63, 3.8) is 0 Å². The number of rotatable bonds is 3. The fraction of sp³-hybridized carbons (Fsp3) is 0.167. The van der Waals surface area contributed by atoms with Crippen molar-refractivity contribution >= 4 is 22.3 Å². The second kappa shape index (κ2) is 5.64. The van der Waals surface area contributed by atoms with Gasteiger partial charge >= 0.3 is 0 Å². The molecule has 3 rings (SSSR count). The van der Waals surface area contributed by atoms with Gasteiger partial charge in [-0.1, -0.05) is 0 Å². The Morgan fingerprint density at radius 1 is 1.05 bits per heavy atom. The lowest BCUT2D eigenvalue weighted by atomic mass is 10.1. The van der Waals surface area contributed by atoms with E-state index in [9.17, 15) is 4.39 Å². The van der Waals surface area contributed by atoms with Crippen molar-refractivity contribution in [2.45, 2.75) is 13.8 Å². The lowest BCUT2D eigenvalue weighted by molar-refractivity contribution is 0.412. The number of hydrogen-bond donors (Lipinski definition) is 1. The van der Waals surface area contributed by atoms with Gasteiger partial charge in [0.05, 0.1) is 7.11 Å². The monoisotopic (exact) mass is 296 g/mol. The summed E-state index contributed by atoms with van der Waals surface area (Å²) in [5, 5.41) is 5.30. The number of fused-ring (bicyclic) bond motifs is 1. The fourth-order valence-electron chi connectivity index (χ4n) is 2.49. The van der Waals surface area contributed by atoms with Crippen molar-refractivity contribution in [2.75, 3.05) is 12.4 Å². The highest BCUT2D eigenvalue weighted by Gasteiger charge is 2.08. The van der Waals surface area contributed by atoms with Gasteiger partial charge in [0.1, 0.15) is 17.4 Å². The minimum Gasteiger partial charge on any atom is -0.496 e. The SMILES string of the molecule is COc1cc2ccnc(Nc3ccc(F)c(C)c3)c2cc1C. The van der Waals surface area contributed by atoms with Crippen LogP contribution in [0.1, 0.15) is 11.1 Å². The van der Waals surface area contributed by atoms with E-state index in [1.165, 1.54) is 6.07 Å². The van der Waals surface area contributed by atoms with Crippen LogP contribution in [0.4, 0.5) is 15.9 Å². The molecule has 3 nitrogen and oxygen atoms in total. The number of nitrogens with zero attached hydrogens (tertiary/aromatic N) is 1. The largest absolute Gasteiger partial charge is 0.496 e. The first-order valence-corrected chi connectivity index (χ1v) is 7.05. The Balaban J connectivity index is 2.06. The van der Waals surface area contributed by atoms with Crippen molar-refractivity contribution in [1.29, 1.82) is 0 Å². The molecule has 0 saturated heterocycles. The predicted octanol–water partition coefficient (Wildman–Crippen LogP) is 4.74. The topological polar surface area (TPSA) is 34.1 Å². The average Bonchev–Trinajstić information content (AvgIpc) is 2.51. The van der Waals surface area contributed by atoms with Gasteiger partial charge in [0.15, 0.2) is 0 Å². The summed E-state index contributed by atoms with van der Waals surface area (Å²) < 4.78 is 18.7. The molecule has 0 aliphatic carbocycles. The third kappa shape index (κ3) is 2.60. The number of benzene rings is 2. The Bertz CT molecular complexity index is 846. The smallest absolute Gasteiger partial charge is 0.138 e. The van der Waals surface area contributed by atoms with Crippen LogP contribution in [0.2, 0.25) is 0 Å². The van der Waals surface area contributed by atoms with Crippen LogP contribution < -0.4 is 10.1 Å². The molecule has 0 amide bonds. The quantitative estimate of drug-likeness (QED) is 0.758. The molecule has 3 aromatic rings. The summed E-state index contributed by atoms with van der Waals surface area (Å²) in [5.41, 5.74) is 2.46. The van der Waals surface area contributed by atoms with E-state index in [1.54, 1.807) is 32.4 Å². The van der Waals surface area contributed by atoms with E-state index < -0.39 is 0 Å². The molecular formula is C18H17FN2O. The van der Waals surface area contributed by atoms with Crippen molar-refractivity contribution < 1.29 is 9.13 Å². The number of halogens is 1. The molecule has 0 radical (unpaired) electrons. The third-order valence-corrected chi connectivity index (χ3v) is 3.70. The summed E-state index contributed by atoms with van der Waals surface area (Å²) in [6, 6.07) is 10.9. The molecule has 0 atom stereocenters. The van der Waals surface area contributed by atoms with Gasteiger partial charge in [0.2, 0.25) is 0 Å². The van der Waals surface area contributed by atoms with Crippen molar-refractivity contribution in [3.8, 4) is 5.75 Å². The first kappa shape index (κ1) is 14.3. The summed E-state index contributed by atoms with van der Waals surface area (Å²) in [7, 11) is 1.66. The number of pyridine rings is 1. The van der Waals surface area contributed by atoms with E-state index in [1.807, 2.05) is 25.1 Å². The maximum absolute atomic E-state index is 13.4. The molecule has 2 aromatic carbocycles. The molecule has 0 aliphatic heterocycles. The Morgan fingerprint density at radius 3 is 2.59 bits per heavy atom. The minimum absolute atomic E-state index is 0.211. The standard InChI is InChI=1S/C18H17FN2O/c1-11-8-14(4-5-16(11)19)21-18-15-9-12(2)17(22-3)10-13(15)6-7-20-18/h4-10H,1-3H3,(H,20,21). The lowest BCUT2D eigenvalue weighted by Crippen LogP contribution is -1.97. The van der Waals surface area contributed by atoms with E-state index in [-0.39, 0.29) is 5.82 Å². The van der Waals surface area contributed by atoms with E-state index in [0.717, 1.165) is 33.6 Å². The van der Waals surface area contributed by atoms with E-state index in [2.05, 4.69) is 10.3 Å². The van der Waals surface area contributed by atoms with Gasteiger partial charge in [0.25, 0.3) is 0 Å². The molecule has 0 unspecified atom stereocenters. The van der Waals surface area contributed by atoms with E-state index in [4.69, 9.17) is 4.74 Å². The molecule has 0 spiro atoms. The Labute approximate surface area is 128 Å². The van der Waals surface area contributed by atoms with Gasteiger partial charge in [-0.2, -0.15) is 0 Å². The second-order valence-electron chi connectivity index (χ2n) is 5.29. The molecule has 0 fully saturated rings. The second-order valence-corrected chi connectivity index (χ2v) is 5.29. The molecule has 22 heavy (non-hydrogen) atoms. The fourth-order valence-corrected chi connectivity index (χ4v) is 2.49. The number of methoxy groups -OCH3 is 1. The van der Waals surface area contributed by atoms with Crippen molar-refractivity contribution in [3.05, 3.63) is 59.5 Å². The molecule has 0 bridgehead atoms. The maximum Gasteiger partial charge on any atom is 0.138 e. The van der Waals surface area contributed by atoms with Gasteiger partial charge in [0, 0.05) is 17.3 Å². The van der Waals surface area contributed by atoms with Crippen LogP contribution in [0.25, 0.3) is 10.8 Å². The molecular weight excluding hydrogens is 279 g/mol. The normalized spacial score (nSPS) is 10.7. The van der Waals surface area contributed by atoms with E-state index in [0.29, 0.717) is 5.56 Å². The highest BCUT2D eigenvalue weighted by molar-refractivity contribution is 5.94. The zero-order valence-electron chi connectivity index (χ0n) is 12.8. The minimum atomic E-state index is -0.211. The number of hydrogen-bond acceptors (Lipinski definition) is 3. The summed E-state index contributed by atoms with van der Waals surface area (Å²) in [6.07, 6.45) is 1.75. The molecule has 1 heterocycles. The maximum atomic E-state index is 13.4. The van der Waals surface area contributed by atoms with Crippen LogP contribution in [-0.2, 0) is 0 Å². The molecule has 1 aromatic heterocycles. The number of nitrogens with one attached hydrogen (secondary N) is 1. The number of ether oxygens (including phenoxy) is 1. The summed E-state index contributed by atoms with van der Waals surface area (Å²) >= 11 is 0. The van der Waals surface area contributed by atoms with Gasteiger partial charge < -0.3 is 10.1 Å². The first-order chi connectivity index (χ1) is 10.6. The van der Waals surface area contributed by atoms with Crippen LogP contribution >= 0.6 is 0 Å². The summed E-state index contributed by atoms with van der Waals surface area (Å²) in [6.45, 7) is 3.74. The van der Waals surface area contributed by atoms with Gasteiger partial charge in [-0.15, -0.1) is 0 Å².